The average Bonchev–Trinajstić information content (AvgIpc) is 2.68. The number of aliphatic hydroxyl groups is 1. The molecule has 0 bridgehead atoms. The first kappa shape index (κ1) is 28.6. The lowest BCUT2D eigenvalue weighted by Crippen LogP contribution is -2.39. The number of carbonyl (C=O) groups excluding carboxylic acids is 2. The Kier molecular flexibility index (Phi) is 11.0. The molecule has 33 heavy (non-hydrogen) atoms. The van der Waals surface area contributed by atoms with E-state index >= 15 is 0 Å². The Hall–Kier alpha value is -2.44. The summed E-state index contributed by atoms with van der Waals surface area (Å²) in [6, 6.07) is 6.83. The number of ether oxygens (including phenoxy) is 2. The molecule has 0 amide bonds. The van der Waals surface area contributed by atoms with Gasteiger partial charge in [-0.1, -0.05) is 70.2 Å². The lowest BCUT2D eigenvalue weighted by atomic mass is 9.88. The van der Waals surface area contributed by atoms with Gasteiger partial charge in [-0.15, -0.1) is 0 Å². The minimum absolute atomic E-state index is 0.00275. The molecule has 0 heterocycles. The SMILES string of the molecule is C[C@H](/C=C/c1ccc(CO)cc1)[C@H](C/C=C/C(=O)OC(C)(C)C)OC(=O)[C@@H](N)CC(C)(C)C. The minimum Gasteiger partial charge on any atom is -0.460 e. The van der Waals surface area contributed by atoms with Gasteiger partial charge in [-0.05, 0) is 43.7 Å². The quantitative estimate of drug-likeness (QED) is 0.385. The van der Waals surface area contributed by atoms with Crippen LogP contribution in [0, 0.1) is 11.3 Å². The third kappa shape index (κ3) is 12.4. The van der Waals surface area contributed by atoms with Crippen LogP contribution < -0.4 is 5.73 Å². The van der Waals surface area contributed by atoms with Crippen LogP contribution in [0.15, 0.2) is 42.5 Å². The van der Waals surface area contributed by atoms with Gasteiger partial charge in [0.05, 0.1) is 6.61 Å². The third-order valence-corrected chi connectivity index (χ3v) is 4.77. The van der Waals surface area contributed by atoms with Crippen molar-refractivity contribution in [3.63, 3.8) is 0 Å². The maximum Gasteiger partial charge on any atom is 0.330 e. The minimum atomic E-state index is -0.718. The van der Waals surface area contributed by atoms with E-state index in [1.165, 1.54) is 6.08 Å². The largest absolute Gasteiger partial charge is 0.460 e. The third-order valence-electron chi connectivity index (χ3n) is 4.77. The fourth-order valence-corrected chi connectivity index (χ4v) is 3.10. The Labute approximate surface area is 198 Å². The predicted octanol–water partition coefficient (Wildman–Crippen LogP) is 4.79. The normalized spacial score (nSPS) is 15.4. The van der Waals surface area contributed by atoms with Crippen molar-refractivity contribution in [1.29, 1.82) is 0 Å². The molecule has 0 saturated heterocycles. The van der Waals surface area contributed by atoms with E-state index in [-0.39, 0.29) is 17.9 Å². The monoisotopic (exact) mass is 459 g/mol. The van der Waals surface area contributed by atoms with Crippen molar-refractivity contribution in [1.82, 2.24) is 0 Å². The zero-order chi connectivity index (χ0) is 25.2. The molecule has 0 fully saturated rings. The van der Waals surface area contributed by atoms with Crippen LogP contribution in [0.1, 0.15) is 72.4 Å². The van der Waals surface area contributed by atoms with Crippen LogP contribution >= 0.6 is 0 Å². The number of esters is 2. The molecule has 0 radical (unpaired) electrons. The summed E-state index contributed by atoms with van der Waals surface area (Å²) in [7, 11) is 0. The van der Waals surface area contributed by atoms with Crippen LogP contribution in [0.4, 0.5) is 0 Å². The zero-order valence-electron chi connectivity index (χ0n) is 21.1. The number of hydrogen-bond donors (Lipinski definition) is 2. The second kappa shape index (κ2) is 12.7. The van der Waals surface area contributed by atoms with Crippen LogP contribution in [0.3, 0.4) is 0 Å². The summed E-state index contributed by atoms with van der Waals surface area (Å²) in [5, 5.41) is 9.19. The smallest absolute Gasteiger partial charge is 0.330 e. The molecule has 0 aliphatic heterocycles. The summed E-state index contributed by atoms with van der Waals surface area (Å²) >= 11 is 0. The molecular weight excluding hydrogens is 418 g/mol. The van der Waals surface area contributed by atoms with Gasteiger partial charge in [0, 0.05) is 18.4 Å². The maximum atomic E-state index is 12.7. The van der Waals surface area contributed by atoms with E-state index in [0.29, 0.717) is 12.8 Å². The van der Waals surface area contributed by atoms with Gasteiger partial charge in [0.25, 0.3) is 0 Å². The second-order valence-electron chi connectivity index (χ2n) is 10.6. The molecule has 3 N–H and O–H groups in total. The Morgan fingerprint density at radius 3 is 2.21 bits per heavy atom. The first-order valence-corrected chi connectivity index (χ1v) is 11.4. The van der Waals surface area contributed by atoms with E-state index in [4.69, 9.17) is 15.2 Å². The number of carbonyl (C=O) groups is 2. The second-order valence-corrected chi connectivity index (χ2v) is 10.6. The van der Waals surface area contributed by atoms with Crippen LogP contribution in [-0.2, 0) is 25.7 Å². The number of rotatable bonds is 10. The van der Waals surface area contributed by atoms with Gasteiger partial charge in [0.2, 0.25) is 0 Å². The highest BCUT2D eigenvalue weighted by atomic mass is 16.6. The molecule has 6 heteroatoms. The van der Waals surface area contributed by atoms with Gasteiger partial charge >= 0.3 is 11.9 Å². The van der Waals surface area contributed by atoms with Crippen molar-refractivity contribution in [2.45, 2.75) is 85.7 Å². The van der Waals surface area contributed by atoms with E-state index in [9.17, 15) is 14.7 Å². The molecule has 1 rings (SSSR count). The highest BCUT2D eigenvalue weighted by Gasteiger charge is 2.26. The molecule has 0 spiro atoms. The Morgan fingerprint density at radius 2 is 1.70 bits per heavy atom. The summed E-state index contributed by atoms with van der Waals surface area (Å²) in [6.07, 6.45) is 7.31. The Morgan fingerprint density at radius 1 is 1.09 bits per heavy atom. The molecule has 0 aliphatic carbocycles. The fraction of sp³-hybridized carbons (Fsp3) is 0.556. The van der Waals surface area contributed by atoms with E-state index in [2.05, 4.69) is 0 Å². The number of nitrogens with two attached hydrogens (primary N) is 1. The van der Waals surface area contributed by atoms with Gasteiger partial charge in [-0.3, -0.25) is 4.79 Å². The highest BCUT2D eigenvalue weighted by Crippen LogP contribution is 2.22. The Bertz CT molecular complexity index is 812. The van der Waals surface area contributed by atoms with Crippen LogP contribution in [0.5, 0.6) is 0 Å². The number of hydrogen-bond acceptors (Lipinski definition) is 6. The van der Waals surface area contributed by atoms with Crippen LogP contribution in [0.25, 0.3) is 6.08 Å². The van der Waals surface area contributed by atoms with Crippen LogP contribution in [-0.4, -0.2) is 34.8 Å². The summed E-state index contributed by atoms with van der Waals surface area (Å²) in [6.45, 7) is 13.4. The lowest BCUT2D eigenvalue weighted by molar-refractivity contribution is -0.153. The van der Waals surface area contributed by atoms with Crippen molar-refractivity contribution in [2.24, 2.45) is 17.1 Å². The van der Waals surface area contributed by atoms with Crippen molar-refractivity contribution in [3.05, 3.63) is 53.6 Å². The molecule has 184 valence electrons. The Balaban J connectivity index is 2.93. The summed E-state index contributed by atoms with van der Waals surface area (Å²) in [5.74, 6) is -1.02. The van der Waals surface area contributed by atoms with Gasteiger partial charge in [0.15, 0.2) is 0 Å². The van der Waals surface area contributed by atoms with Crippen molar-refractivity contribution in [2.75, 3.05) is 0 Å². The van der Waals surface area contributed by atoms with Gasteiger partial charge in [0.1, 0.15) is 17.7 Å². The van der Waals surface area contributed by atoms with Gasteiger partial charge in [-0.2, -0.15) is 0 Å². The molecule has 1 aromatic carbocycles. The molecule has 3 atom stereocenters. The fourth-order valence-electron chi connectivity index (χ4n) is 3.10. The van der Waals surface area contributed by atoms with Crippen molar-refractivity contribution in [3.8, 4) is 0 Å². The maximum absolute atomic E-state index is 12.7. The van der Waals surface area contributed by atoms with Crippen molar-refractivity contribution >= 4 is 18.0 Å². The first-order valence-electron chi connectivity index (χ1n) is 11.4. The van der Waals surface area contributed by atoms with Crippen molar-refractivity contribution < 1.29 is 24.2 Å². The molecular formula is C27H41NO5. The number of aliphatic hydroxyl groups excluding tert-OH is 1. The van der Waals surface area contributed by atoms with E-state index < -0.39 is 29.7 Å². The van der Waals surface area contributed by atoms with E-state index in [0.717, 1.165) is 11.1 Å². The average molecular weight is 460 g/mol. The lowest BCUT2D eigenvalue weighted by Gasteiger charge is -2.26. The number of benzene rings is 1. The van der Waals surface area contributed by atoms with E-state index in [1.807, 2.05) is 64.1 Å². The van der Waals surface area contributed by atoms with Gasteiger partial charge < -0.3 is 20.3 Å². The standard InChI is InChI=1S/C27H41NO5/c1-19(11-12-20-13-15-21(18-29)16-14-20)23(9-8-10-24(30)33-27(5,6)7)32-25(31)22(28)17-26(2,3)4/h8,10-16,19,22-23,29H,9,17-18,28H2,1-7H3/b10-8+,12-11+/t19-,22+,23+/m1/s1. The molecule has 0 saturated carbocycles. The highest BCUT2D eigenvalue weighted by molar-refractivity contribution is 5.82. The molecule has 0 unspecified atom stereocenters. The summed E-state index contributed by atoms with van der Waals surface area (Å²) < 4.78 is 11.1. The summed E-state index contributed by atoms with van der Waals surface area (Å²) in [5.41, 5.74) is 7.22. The predicted molar refractivity (Wildman–Crippen MR) is 132 cm³/mol. The zero-order valence-corrected chi connectivity index (χ0v) is 21.1. The summed E-state index contributed by atoms with van der Waals surface area (Å²) in [4.78, 5) is 24.6. The molecule has 0 aliphatic rings. The topological polar surface area (TPSA) is 98.9 Å². The molecule has 0 aromatic heterocycles. The van der Waals surface area contributed by atoms with Gasteiger partial charge in [-0.25, -0.2) is 4.79 Å². The molecule has 1 aromatic rings. The van der Waals surface area contributed by atoms with Crippen LogP contribution in [0.2, 0.25) is 0 Å². The molecule has 6 nitrogen and oxygen atoms in total. The first-order chi connectivity index (χ1) is 15.2. The van der Waals surface area contributed by atoms with E-state index in [1.54, 1.807) is 26.8 Å².